The van der Waals surface area contributed by atoms with Gasteiger partial charge >= 0.3 is 6.18 Å². The number of hydrogen-bond donors (Lipinski definition) is 2. The van der Waals surface area contributed by atoms with Gasteiger partial charge in [0.2, 0.25) is 23.7 Å². The van der Waals surface area contributed by atoms with E-state index in [1.54, 1.807) is 6.26 Å². The van der Waals surface area contributed by atoms with Crippen LogP contribution in [0.5, 0.6) is 0 Å². The molecular weight excluding hydrogens is 549 g/mol. The number of nitriles is 1. The van der Waals surface area contributed by atoms with Gasteiger partial charge in [0, 0.05) is 33.7 Å². The van der Waals surface area contributed by atoms with Crippen LogP contribution in [0.4, 0.5) is 24.9 Å². The van der Waals surface area contributed by atoms with E-state index in [1.807, 2.05) is 6.07 Å². The molecule has 1 aromatic carbocycles. The molecule has 2 N–H and O–H groups in total. The van der Waals surface area contributed by atoms with Crippen LogP contribution in [0.25, 0.3) is 0 Å². The number of alkyl halides is 3. The second kappa shape index (κ2) is 15.0. The van der Waals surface area contributed by atoms with Crippen molar-refractivity contribution in [1.82, 2.24) is 15.3 Å². The Morgan fingerprint density at radius 2 is 1.80 bits per heavy atom. The van der Waals surface area contributed by atoms with Crippen LogP contribution in [0, 0.1) is 11.3 Å². The van der Waals surface area contributed by atoms with Gasteiger partial charge in [-0.3, -0.25) is 29.4 Å². The SMILES string of the molecule is C.CSc1nc(NC(C)=O)nc(N(C(C)=O)[C@@H](CCCNC(C)=O)C(=O)Cc2cccc(C(F)(F)F)c2)c1C#N. The molecule has 0 aliphatic carbocycles. The maximum absolute atomic E-state index is 13.6. The number of thioether (sulfide) groups is 1. The van der Waals surface area contributed by atoms with Crippen molar-refractivity contribution in [3.05, 3.63) is 41.0 Å². The first-order chi connectivity index (χ1) is 18.3. The van der Waals surface area contributed by atoms with Crippen LogP contribution in [0.3, 0.4) is 0 Å². The Morgan fingerprint density at radius 3 is 2.33 bits per heavy atom. The number of rotatable bonds is 11. The number of carbonyl (C=O) groups excluding carboxylic acids is 4. The number of amides is 3. The average Bonchev–Trinajstić information content (AvgIpc) is 2.84. The fraction of sp³-hybridized carbons (Fsp3) is 0.423. The molecule has 14 heteroatoms. The summed E-state index contributed by atoms with van der Waals surface area (Å²) >= 11 is 1.05. The van der Waals surface area contributed by atoms with E-state index in [0.29, 0.717) is 0 Å². The molecule has 2 rings (SSSR count). The molecule has 0 saturated heterocycles. The predicted octanol–water partition coefficient (Wildman–Crippen LogP) is 4.13. The molecule has 2 aromatic rings. The summed E-state index contributed by atoms with van der Waals surface area (Å²) in [7, 11) is 0. The minimum Gasteiger partial charge on any atom is -0.356 e. The van der Waals surface area contributed by atoms with Crippen molar-refractivity contribution in [3.63, 3.8) is 0 Å². The molecule has 216 valence electrons. The lowest BCUT2D eigenvalue weighted by atomic mass is 9.97. The molecular formula is C26H31F3N6O4S. The lowest BCUT2D eigenvalue weighted by molar-refractivity contribution is -0.137. The number of halogens is 3. The third-order valence-electron chi connectivity index (χ3n) is 5.36. The number of ketones is 1. The molecule has 1 heterocycles. The third-order valence-corrected chi connectivity index (χ3v) is 6.04. The highest BCUT2D eigenvalue weighted by molar-refractivity contribution is 7.98. The van der Waals surface area contributed by atoms with Crippen molar-refractivity contribution >= 4 is 47.0 Å². The quantitative estimate of drug-likeness (QED) is 0.229. The third kappa shape index (κ3) is 9.33. The smallest absolute Gasteiger partial charge is 0.356 e. The average molecular weight is 581 g/mol. The van der Waals surface area contributed by atoms with Crippen LogP contribution in [-0.4, -0.2) is 52.3 Å². The van der Waals surface area contributed by atoms with E-state index in [1.165, 1.54) is 26.0 Å². The van der Waals surface area contributed by atoms with Crippen molar-refractivity contribution in [2.75, 3.05) is 23.0 Å². The summed E-state index contributed by atoms with van der Waals surface area (Å²) in [5.74, 6) is -2.53. The van der Waals surface area contributed by atoms with Crippen molar-refractivity contribution in [1.29, 1.82) is 5.26 Å². The fourth-order valence-electron chi connectivity index (χ4n) is 3.75. The molecule has 10 nitrogen and oxygen atoms in total. The van der Waals surface area contributed by atoms with E-state index in [0.717, 1.165) is 35.7 Å². The number of hydrogen-bond acceptors (Lipinski definition) is 8. The molecule has 0 fully saturated rings. The molecule has 3 amide bonds. The van der Waals surface area contributed by atoms with Crippen LogP contribution >= 0.6 is 11.8 Å². The van der Waals surface area contributed by atoms with Crippen molar-refractivity contribution < 1.29 is 32.3 Å². The summed E-state index contributed by atoms with van der Waals surface area (Å²) in [4.78, 5) is 58.8. The molecule has 0 bridgehead atoms. The second-order valence-corrected chi connectivity index (χ2v) is 9.21. The molecule has 1 aromatic heterocycles. The highest BCUT2D eigenvalue weighted by atomic mass is 32.2. The van der Waals surface area contributed by atoms with E-state index < -0.39 is 41.8 Å². The largest absolute Gasteiger partial charge is 0.416 e. The molecule has 0 saturated carbocycles. The van der Waals surface area contributed by atoms with Crippen LogP contribution in [-0.2, 0) is 31.8 Å². The molecule has 0 aliphatic rings. The minimum atomic E-state index is -4.61. The number of nitrogens with one attached hydrogen (secondary N) is 2. The van der Waals surface area contributed by atoms with Crippen LogP contribution < -0.4 is 15.5 Å². The number of carbonyl (C=O) groups is 4. The van der Waals surface area contributed by atoms with Gasteiger partial charge in [-0.15, -0.1) is 11.8 Å². The molecule has 1 atom stereocenters. The Morgan fingerprint density at radius 1 is 1.12 bits per heavy atom. The van der Waals surface area contributed by atoms with Gasteiger partial charge in [0.1, 0.15) is 16.7 Å². The van der Waals surface area contributed by atoms with E-state index in [4.69, 9.17) is 0 Å². The Kier molecular flexibility index (Phi) is 12.7. The lowest BCUT2D eigenvalue weighted by Crippen LogP contribution is -2.46. The maximum atomic E-state index is 13.6. The topological polar surface area (TPSA) is 145 Å². The standard InChI is InChI=1S/C25H27F3N6O4S.CH4/c1-14(35)30-10-6-9-20(21(38)12-17-7-5-8-18(11-17)25(26,27)28)34(16(3)37)22-19(13-29)23(39-4)33-24(32-22)31-15(2)36;/h5,7-8,11,20H,6,9-10,12H2,1-4H3,(H,30,35)(H,31,32,33,36);1H4/t20-;/m0./s1. The summed E-state index contributed by atoms with van der Waals surface area (Å²) < 4.78 is 39.7. The number of anilines is 2. The van der Waals surface area contributed by atoms with E-state index in [2.05, 4.69) is 20.6 Å². The van der Waals surface area contributed by atoms with Gasteiger partial charge in [-0.05, 0) is 30.7 Å². The van der Waals surface area contributed by atoms with Gasteiger partial charge in [-0.25, -0.2) is 4.98 Å². The number of aromatic nitrogens is 2. The van der Waals surface area contributed by atoms with Crippen molar-refractivity contribution in [2.45, 2.75) is 64.7 Å². The number of Topliss-reactive ketones (excluding diaryl/α,β-unsaturated/α-hetero) is 1. The Balaban J connectivity index is 0.00000800. The highest BCUT2D eigenvalue weighted by Gasteiger charge is 2.34. The Hall–Kier alpha value is -3.99. The van der Waals surface area contributed by atoms with Crippen LogP contribution in [0.15, 0.2) is 29.3 Å². The van der Waals surface area contributed by atoms with E-state index >= 15 is 0 Å². The minimum absolute atomic E-state index is 0. The highest BCUT2D eigenvalue weighted by Crippen LogP contribution is 2.32. The predicted molar refractivity (Wildman–Crippen MR) is 145 cm³/mol. The molecule has 0 spiro atoms. The second-order valence-electron chi connectivity index (χ2n) is 8.42. The van der Waals surface area contributed by atoms with Crippen molar-refractivity contribution in [2.24, 2.45) is 0 Å². The van der Waals surface area contributed by atoms with Gasteiger partial charge in [0.25, 0.3) is 0 Å². The monoisotopic (exact) mass is 580 g/mol. The Labute approximate surface area is 234 Å². The summed E-state index contributed by atoms with van der Waals surface area (Å²) in [6, 6.07) is 4.97. The van der Waals surface area contributed by atoms with Gasteiger partial charge in [0.15, 0.2) is 11.6 Å². The summed E-state index contributed by atoms with van der Waals surface area (Å²) in [6.45, 7) is 3.84. The summed E-state index contributed by atoms with van der Waals surface area (Å²) in [6.07, 6.45) is -3.22. The molecule has 0 radical (unpaired) electrons. The van der Waals surface area contributed by atoms with Gasteiger partial charge < -0.3 is 5.32 Å². The van der Waals surface area contributed by atoms with E-state index in [-0.39, 0.29) is 60.6 Å². The zero-order chi connectivity index (χ0) is 29.3. The number of nitrogens with zero attached hydrogens (tertiary/aromatic N) is 4. The maximum Gasteiger partial charge on any atom is 0.416 e. The van der Waals surface area contributed by atoms with Crippen LogP contribution in [0.2, 0.25) is 0 Å². The zero-order valence-corrected chi connectivity index (χ0v) is 22.5. The first kappa shape index (κ1) is 34.0. The lowest BCUT2D eigenvalue weighted by Gasteiger charge is -2.30. The molecule has 0 aliphatic heterocycles. The molecule has 0 unspecified atom stereocenters. The molecule has 40 heavy (non-hydrogen) atoms. The normalized spacial score (nSPS) is 11.4. The fourth-order valence-corrected chi connectivity index (χ4v) is 4.27. The van der Waals surface area contributed by atoms with Crippen molar-refractivity contribution in [3.8, 4) is 6.07 Å². The van der Waals surface area contributed by atoms with Gasteiger partial charge in [0.05, 0.1) is 11.6 Å². The Bertz CT molecular complexity index is 1300. The summed E-state index contributed by atoms with van der Waals surface area (Å²) in [5, 5.41) is 15.0. The first-order valence-corrected chi connectivity index (χ1v) is 12.9. The zero-order valence-electron chi connectivity index (χ0n) is 21.7. The van der Waals surface area contributed by atoms with Gasteiger partial charge in [-0.2, -0.15) is 23.4 Å². The summed E-state index contributed by atoms with van der Waals surface area (Å²) in [5.41, 5.74) is -0.965. The number of benzene rings is 1. The van der Waals surface area contributed by atoms with E-state index in [9.17, 15) is 37.6 Å². The first-order valence-electron chi connectivity index (χ1n) is 11.6. The van der Waals surface area contributed by atoms with Gasteiger partial charge in [-0.1, -0.05) is 25.6 Å². The van der Waals surface area contributed by atoms with Crippen LogP contribution in [0.1, 0.15) is 57.7 Å².